The van der Waals surface area contributed by atoms with Crippen LogP contribution in [0.2, 0.25) is 0 Å². The molecule has 156 valence electrons. The van der Waals surface area contributed by atoms with Crippen LogP contribution in [0.4, 0.5) is 4.39 Å². The second kappa shape index (κ2) is 7.05. The van der Waals surface area contributed by atoms with Crippen LogP contribution in [-0.2, 0) is 13.0 Å². The van der Waals surface area contributed by atoms with Crippen LogP contribution in [0.25, 0.3) is 10.1 Å². The monoisotopic (exact) mass is 429 g/mol. The number of amides is 1. The Morgan fingerprint density at radius 1 is 1.30 bits per heavy atom. The van der Waals surface area contributed by atoms with E-state index in [2.05, 4.69) is 5.32 Å². The highest BCUT2D eigenvalue weighted by Crippen LogP contribution is 2.38. The fraction of sp³-hybridized carbons (Fsp3) is 0.318. The van der Waals surface area contributed by atoms with E-state index in [1.165, 1.54) is 12.1 Å². The summed E-state index contributed by atoms with van der Waals surface area (Å²) in [5.41, 5.74) is 0.895. The molecule has 30 heavy (non-hydrogen) atoms. The lowest BCUT2D eigenvalue weighted by atomic mass is 9.76. The van der Waals surface area contributed by atoms with Crippen LogP contribution < -0.4 is 5.32 Å². The van der Waals surface area contributed by atoms with Crippen LogP contribution in [0, 0.1) is 18.2 Å². The highest BCUT2D eigenvalue weighted by molar-refractivity contribution is 7.21. The van der Waals surface area contributed by atoms with Gasteiger partial charge in [0.2, 0.25) is 0 Å². The fourth-order valence-corrected chi connectivity index (χ4v) is 5.13. The first-order valence-electron chi connectivity index (χ1n) is 9.46. The minimum atomic E-state index is -1.18. The first kappa shape index (κ1) is 20.3. The third-order valence-electron chi connectivity index (χ3n) is 5.37. The van der Waals surface area contributed by atoms with Crippen LogP contribution in [-0.4, -0.2) is 22.8 Å². The molecule has 1 aliphatic carbocycles. The molecule has 3 aromatic rings. The van der Waals surface area contributed by atoms with E-state index in [1.54, 1.807) is 13.0 Å². The molecule has 2 aromatic heterocycles. The standard InChI is InChI=1S/C22H20FNO5S/c1-10-16-13(25)7-22(2,3)8-14(16)29-18(10)20(26)24-9-11-17-12(23)5-4-6-15(17)30-19(11)21(27)28/h4-6H,7-9H2,1-3H3,(H,24,26)(H,27,28). The molecule has 6 nitrogen and oxygen atoms in total. The Balaban J connectivity index is 1.65. The molecule has 2 heterocycles. The molecule has 0 spiro atoms. The van der Waals surface area contributed by atoms with E-state index in [4.69, 9.17) is 4.42 Å². The van der Waals surface area contributed by atoms with Gasteiger partial charge in [0.05, 0.1) is 5.56 Å². The normalized spacial score (nSPS) is 15.3. The third-order valence-corrected chi connectivity index (χ3v) is 6.55. The van der Waals surface area contributed by atoms with Crippen molar-refractivity contribution < 1.29 is 28.3 Å². The van der Waals surface area contributed by atoms with E-state index < -0.39 is 17.7 Å². The number of hydrogen-bond donors (Lipinski definition) is 2. The van der Waals surface area contributed by atoms with Crippen molar-refractivity contribution in [1.82, 2.24) is 5.32 Å². The zero-order valence-corrected chi connectivity index (χ0v) is 17.5. The van der Waals surface area contributed by atoms with Crippen molar-refractivity contribution >= 4 is 39.1 Å². The average molecular weight is 429 g/mol. The van der Waals surface area contributed by atoms with Crippen LogP contribution in [0.15, 0.2) is 22.6 Å². The molecule has 1 amide bonds. The average Bonchev–Trinajstić information content (AvgIpc) is 3.17. The molecule has 1 aromatic carbocycles. The quantitative estimate of drug-likeness (QED) is 0.625. The molecular weight excluding hydrogens is 409 g/mol. The van der Waals surface area contributed by atoms with Crippen molar-refractivity contribution in [3.05, 3.63) is 57.1 Å². The van der Waals surface area contributed by atoms with Gasteiger partial charge in [-0.15, -0.1) is 11.3 Å². The molecule has 0 aliphatic heterocycles. The Morgan fingerprint density at radius 3 is 2.73 bits per heavy atom. The summed E-state index contributed by atoms with van der Waals surface area (Å²) in [4.78, 5) is 36.9. The van der Waals surface area contributed by atoms with Crippen molar-refractivity contribution in [2.75, 3.05) is 0 Å². The first-order valence-corrected chi connectivity index (χ1v) is 10.3. The zero-order valence-electron chi connectivity index (χ0n) is 16.7. The molecule has 0 unspecified atom stereocenters. The highest BCUT2D eigenvalue weighted by atomic mass is 32.1. The van der Waals surface area contributed by atoms with Gasteiger partial charge in [0.1, 0.15) is 16.5 Å². The smallest absolute Gasteiger partial charge is 0.346 e. The number of halogens is 1. The van der Waals surface area contributed by atoms with Gasteiger partial charge in [-0.1, -0.05) is 19.9 Å². The van der Waals surface area contributed by atoms with E-state index in [0.29, 0.717) is 34.4 Å². The maximum atomic E-state index is 14.4. The molecule has 1 aliphatic rings. The number of carbonyl (C=O) groups excluding carboxylic acids is 2. The molecule has 0 bridgehead atoms. The highest BCUT2D eigenvalue weighted by Gasteiger charge is 2.37. The van der Waals surface area contributed by atoms with Gasteiger partial charge in [0.25, 0.3) is 5.91 Å². The Morgan fingerprint density at radius 2 is 2.03 bits per heavy atom. The van der Waals surface area contributed by atoms with Crippen molar-refractivity contribution in [1.29, 1.82) is 0 Å². The minimum Gasteiger partial charge on any atom is -0.477 e. The van der Waals surface area contributed by atoms with Crippen LogP contribution >= 0.6 is 11.3 Å². The van der Waals surface area contributed by atoms with E-state index in [-0.39, 0.29) is 39.3 Å². The first-order chi connectivity index (χ1) is 14.1. The predicted molar refractivity (Wildman–Crippen MR) is 110 cm³/mol. The summed E-state index contributed by atoms with van der Waals surface area (Å²) in [6.07, 6.45) is 0.926. The van der Waals surface area contributed by atoms with Gasteiger partial charge in [-0.05, 0) is 24.5 Å². The van der Waals surface area contributed by atoms with E-state index >= 15 is 0 Å². The molecule has 8 heteroatoms. The molecule has 0 fully saturated rings. The molecule has 0 saturated heterocycles. The fourth-order valence-electron chi connectivity index (χ4n) is 4.06. The number of carboxylic acid groups (broad SMARTS) is 1. The van der Waals surface area contributed by atoms with Crippen molar-refractivity contribution in [2.24, 2.45) is 5.41 Å². The number of nitrogens with one attached hydrogen (secondary N) is 1. The summed E-state index contributed by atoms with van der Waals surface area (Å²) in [7, 11) is 0. The lowest BCUT2D eigenvalue weighted by Gasteiger charge is -2.27. The summed E-state index contributed by atoms with van der Waals surface area (Å²) in [5.74, 6) is -1.82. The van der Waals surface area contributed by atoms with E-state index in [0.717, 1.165) is 11.3 Å². The van der Waals surface area contributed by atoms with E-state index in [9.17, 15) is 23.9 Å². The maximum absolute atomic E-state index is 14.4. The topological polar surface area (TPSA) is 96.6 Å². The Bertz CT molecular complexity index is 1220. The molecule has 4 rings (SSSR count). The largest absolute Gasteiger partial charge is 0.477 e. The van der Waals surface area contributed by atoms with Crippen LogP contribution in [0.3, 0.4) is 0 Å². The van der Waals surface area contributed by atoms with Gasteiger partial charge in [-0.25, -0.2) is 9.18 Å². The number of carbonyl (C=O) groups is 3. The number of aromatic carboxylic acids is 1. The van der Waals surface area contributed by atoms with Crippen LogP contribution in [0.5, 0.6) is 0 Å². The zero-order chi connectivity index (χ0) is 21.8. The second-order valence-electron chi connectivity index (χ2n) is 8.31. The summed E-state index contributed by atoms with van der Waals surface area (Å²) in [6.45, 7) is 5.42. The summed E-state index contributed by atoms with van der Waals surface area (Å²) in [5, 5.41) is 12.3. The Labute approximate surface area is 175 Å². The number of hydrogen-bond acceptors (Lipinski definition) is 5. The third kappa shape index (κ3) is 3.31. The van der Waals surface area contributed by atoms with Crippen molar-refractivity contribution in [3.63, 3.8) is 0 Å². The summed E-state index contributed by atoms with van der Waals surface area (Å²) < 4.78 is 20.6. The van der Waals surface area contributed by atoms with Crippen molar-refractivity contribution in [2.45, 2.75) is 40.2 Å². The molecule has 0 atom stereocenters. The van der Waals surface area contributed by atoms with Gasteiger partial charge in [0, 0.05) is 40.6 Å². The van der Waals surface area contributed by atoms with Gasteiger partial charge < -0.3 is 14.8 Å². The Hall–Kier alpha value is -3.00. The number of ketones is 1. The van der Waals surface area contributed by atoms with Gasteiger partial charge in [-0.2, -0.15) is 0 Å². The lowest BCUT2D eigenvalue weighted by Crippen LogP contribution is -2.26. The number of Topliss-reactive ketones (excluding diaryl/α,β-unsaturated/α-hetero) is 1. The summed E-state index contributed by atoms with van der Waals surface area (Å²) in [6, 6.07) is 4.40. The van der Waals surface area contributed by atoms with Gasteiger partial charge >= 0.3 is 5.97 Å². The van der Waals surface area contributed by atoms with Crippen LogP contribution in [0.1, 0.15) is 67.7 Å². The molecule has 0 saturated carbocycles. The van der Waals surface area contributed by atoms with Gasteiger partial charge in [0.15, 0.2) is 11.5 Å². The number of thiophene rings is 1. The lowest BCUT2D eigenvalue weighted by molar-refractivity contribution is 0.0699. The predicted octanol–water partition coefficient (Wildman–Crippen LogP) is 4.73. The second-order valence-corrected chi connectivity index (χ2v) is 9.36. The molecular formula is C22H20FNO5S. The maximum Gasteiger partial charge on any atom is 0.346 e. The molecule has 2 N–H and O–H groups in total. The van der Waals surface area contributed by atoms with E-state index in [1.807, 2.05) is 13.8 Å². The number of carboxylic acids is 1. The number of rotatable bonds is 4. The van der Waals surface area contributed by atoms with Crippen molar-refractivity contribution in [3.8, 4) is 0 Å². The number of furan rings is 1. The molecule has 0 radical (unpaired) electrons. The van der Waals surface area contributed by atoms with Gasteiger partial charge in [-0.3, -0.25) is 9.59 Å². The number of fused-ring (bicyclic) bond motifs is 2. The SMILES string of the molecule is Cc1c(C(=O)NCc2c(C(=O)O)sc3cccc(F)c23)oc2c1C(=O)CC(C)(C)C2. The minimum absolute atomic E-state index is 0.0252. The Kier molecular flexibility index (Phi) is 4.77. The number of benzene rings is 1. The summed E-state index contributed by atoms with van der Waals surface area (Å²) >= 11 is 0.960.